The second-order valence-corrected chi connectivity index (χ2v) is 3.16. The molecule has 0 aliphatic heterocycles. The van der Waals surface area contributed by atoms with Crippen LogP contribution < -0.4 is 0 Å². The van der Waals surface area contributed by atoms with E-state index in [1.165, 1.54) is 6.26 Å². The Kier molecular flexibility index (Phi) is 5.01. The van der Waals surface area contributed by atoms with Crippen LogP contribution in [0.3, 0.4) is 0 Å². The number of rotatable bonds is 6. The predicted molar refractivity (Wildman–Crippen MR) is 56.1 cm³/mol. The molecule has 90 valence electrons. The SMILES string of the molecule is CCOC(=O)c1occ(COC)c1COC. The number of ether oxygens (including phenoxy) is 3. The molecule has 0 saturated carbocycles. The van der Waals surface area contributed by atoms with Crippen molar-refractivity contribution in [2.24, 2.45) is 0 Å². The fourth-order valence-corrected chi connectivity index (χ4v) is 1.37. The summed E-state index contributed by atoms with van der Waals surface area (Å²) in [6.07, 6.45) is 1.49. The highest BCUT2D eigenvalue weighted by atomic mass is 16.5. The summed E-state index contributed by atoms with van der Waals surface area (Å²) in [5, 5.41) is 0. The van der Waals surface area contributed by atoms with E-state index in [2.05, 4.69) is 0 Å². The third kappa shape index (κ3) is 2.84. The Morgan fingerprint density at radius 2 is 2.00 bits per heavy atom. The van der Waals surface area contributed by atoms with Crippen LogP contribution in [0, 0.1) is 0 Å². The average molecular weight is 228 g/mol. The van der Waals surface area contributed by atoms with E-state index in [0.717, 1.165) is 5.56 Å². The Morgan fingerprint density at radius 1 is 1.31 bits per heavy atom. The number of furan rings is 1. The van der Waals surface area contributed by atoms with Crippen LogP contribution in [0.5, 0.6) is 0 Å². The molecule has 0 saturated heterocycles. The van der Waals surface area contributed by atoms with Crippen LogP contribution >= 0.6 is 0 Å². The van der Waals surface area contributed by atoms with Gasteiger partial charge in [-0.25, -0.2) is 4.79 Å². The van der Waals surface area contributed by atoms with Crippen molar-refractivity contribution in [3.05, 3.63) is 23.2 Å². The van der Waals surface area contributed by atoms with Gasteiger partial charge in [0.25, 0.3) is 0 Å². The topological polar surface area (TPSA) is 57.9 Å². The van der Waals surface area contributed by atoms with Gasteiger partial charge >= 0.3 is 5.97 Å². The quantitative estimate of drug-likeness (QED) is 0.694. The van der Waals surface area contributed by atoms with Gasteiger partial charge in [0.2, 0.25) is 5.76 Å². The van der Waals surface area contributed by atoms with Crippen molar-refractivity contribution in [1.82, 2.24) is 0 Å². The minimum absolute atomic E-state index is 0.191. The molecule has 0 unspecified atom stereocenters. The van der Waals surface area contributed by atoms with E-state index >= 15 is 0 Å². The van der Waals surface area contributed by atoms with E-state index in [1.54, 1.807) is 21.1 Å². The summed E-state index contributed by atoms with van der Waals surface area (Å²) >= 11 is 0. The van der Waals surface area contributed by atoms with Crippen LogP contribution in [0.4, 0.5) is 0 Å². The molecular weight excluding hydrogens is 212 g/mol. The second kappa shape index (κ2) is 6.30. The first-order valence-corrected chi connectivity index (χ1v) is 4.98. The summed E-state index contributed by atoms with van der Waals surface area (Å²) in [6, 6.07) is 0. The maximum atomic E-state index is 11.5. The summed E-state index contributed by atoms with van der Waals surface area (Å²) in [5.74, 6) is -0.285. The number of esters is 1. The summed E-state index contributed by atoms with van der Waals surface area (Å²) in [7, 11) is 3.13. The molecule has 0 spiro atoms. The Balaban J connectivity index is 2.94. The molecule has 1 aromatic rings. The van der Waals surface area contributed by atoms with Crippen LogP contribution in [0.2, 0.25) is 0 Å². The van der Waals surface area contributed by atoms with Gasteiger partial charge in [0, 0.05) is 25.3 Å². The number of methoxy groups -OCH3 is 2. The number of hydrogen-bond acceptors (Lipinski definition) is 5. The maximum absolute atomic E-state index is 11.5. The zero-order valence-electron chi connectivity index (χ0n) is 9.74. The van der Waals surface area contributed by atoms with Crippen molar-refractivity contribution in [3.63, 3.8) is 0 Å². The minimum Gasteiger partial charge on any atom is -0.460 e. The second-order valence-electron chi connectivity index (χ2n) is 3.16. The highest BCUT2D eigenvalue weighted by Gasteiger charge is 2.20. The monoisotopic (exact) mass is 228 g/mol. The molecule has 0 fully saturated rings. The molecule has 1 heterocycles. The Bertz CT molecular complexity index is 342. The molecule has 5 nitrogen and oxygen atoms in total. The van der Waals surface area contributed by atoms with Crippen LogP contribution in [0.1, 0.15) is 28.6 Å². The summed E-state index contributed by atoms with van der Waals surface area (Å²) in [5.41, 5.74) is 1.48. The molecule has 0 atom stereocenters. The molecule has 0 aliphatic rings. The zero-order chi connectivity index (χ0) is 12.0. The fourth-order valence-electron chi connectivity index (χ4n) is 1.37. The van der Waals surface area contributed by atoms with Crippen molar-refractivity contribution >= 4 is 5.97 Å². The number of hydrogen-bond donors (Lipinski definition) is 0. The standard InChI is InChI=1S/C11H16O5/c1-4-15-11(12)10-9(7-14-3)8(5-13-2)6-16-10/h6H,4-5,7H2,1-3H3. The Hall–Kier alpha value is -1.33. The first kappa shape index (κ1) is 12.7. The summed E-state index contributed by atoms with van der Waals surface area (Å²) in [6.45, 7) is 2.73. The van der Waals surface area contributed by atoms with Crippen LogP contribution in [-0.2, 0) is 27.4 Å². The molecule has 0 amide bonds. The van der Waals surface area contributed by atoms with E-state index < -0.39 is 5.97 Å². The molecule has 1 rings (SSSR count). The highest BCUT2D eigenvalue weighted by molar-refractivity contribution is 5.88. The third-order valence-electron chi connectivity index (χ3n) is 2.03. The lowest BCUT2D eigenvalue weighted by Crippen LogP contribution is -2.07. The smallest absolute Gasteiger partial charge is 0.374 e. The van der Waals surface area contributed by atoms with E-state index in [9.17, 15) is 4.79 Å². The molecule has 5 heteroatoms. The molecule has 0 aromatic carbocycles. The third-order valence-corrected chi connectivity index (χ3v) is 2.03. The normalized spacial score (nSPS) is 10.4. The van der Waals surface area contributed by atoms with Crippen molar-refractivity contribution in [2.45, 2.75) is 20.1 Å². The minimum atomic E-state index is -0.475. The first-order chi connectivity index (χ1) is 7.74. The van der Waals surface area contributed by atoms with Gasteiger partial charge in [-0.1, -0.05) is 0 Å². The van der Waals surface area contributed by atoms with Crippen LogP contribution in [-0.4, -0.2) is 26.8 Å². The first-order valence-electron chi connectivity index (χ1n) is 4.98. The van der Waals surface area contributed by atoms with Gasteiger partial charge in [0.15, 0.2) is 0 Å². The molecule has 1 aromatic heterocycles. The van der Waals surface area contributed by atoms with E-state index in [4.69, 9.17) is 18.6 Å². The van der Waals surface area contributed by atoms with Gasteiger partial charge in [-0.2, -0.15) is 0 Å². The lowest BCUT2D eigenvalue weighted by molar-refractivity contribution is 0.0483. The summed E-state index contributed by atoms with van der Waals surface area (Å²) in [4.78, 5) is 11.5. The van der Waals surface area contributed by atoms with E-state index in [0.29, 0.717) is 25.4 Å². The Labute approximate surface area is 94.3 Å². The van der Waals surface area contributed by atoms with E-state index in [1.807, 2.05) is 0 Å². The molecule has 16 heavy (non-hydrogen) atoms. The molecule has 0 aliphatic carbocycles. The van der Waals surface area contributed by atoms with Crippen LogP contribution in [0.25, 0.3) is 0 Å². The average Bonchev–Trinajstić information content (AvgIpc) is 2.64. The van der Waals surface area contributed by atoms with Crippen molar-refractivity contribution in [1.29, 1.82) is 0 Å². The Morgan fingerprint density at radius 3 is 2.56 bits per heavy atom. The lowest BCUT2D eigenvalue weighted by atomic mass is 10.1. The fraction of sp³-hybridized carbons (Fsp3) is 0.545. The van der Waals surface area contributed by atoms with Gasteiger partial charge in [-0.15, -0.1) is 0 Å². The van der Waals surface area contributed by atoms with Gasteiger partial charge in [0.05, 0.1) is 26.1 Å². The van der Waals surface area contributed by atoms with Crippen LogP contribution in [0.15, 0.2) is 10.7 Å². The largest absolute Gasteiger partial charge is 0.460 e. The zero-order valence-corrected chi connectivity index (χ0v) is 9.74. The van der Waals surface area contributed by atoms with Crippen molar-refractivity contribution in [2.75, 3.05) is 20.8 Å². The van der Waals surface area contributed by atoms with Gasteiger partial charge in [-0.05, 0) is 6.92 Å². The highest BCUT2D eigenvalue weighted by Crippen LogP contribution is 2.20. The van der Waals surface area contributed by atoms with Crippen molar-refractivity contribution < 1.29 is 23.4 Å². The summed E-state index contributed by atoms with van der Waals surface area (Å²) < 4.78 is 20.1. The predicted octanol–water partition coefficient (Wildman–Crippen LogP) is 1.75. The van der Waals surface area contributed by atoms with Gasteiger partial charge in [0.1, 0.15) is 0 Å². The lowest BCUT2D eigenvalue weighted by Gasteiger charge is -2.04. The van der Waals surface area contributed by atoms with Gasteiger partial charge in [-0.3, -0.25) is 0 Å². The molecular formula is C11H16O5. The van der Waals surface area contributed by atoms with Crippen molar-refractivity contribution in [3.8, 4) is 0 Å². The molecule has 0 N–H and O–H groups in total. The molecule has 0 bridgehead atoms. The number of carbonyl (C=O) groups is 1. The van der Waals surface area contributed by atoms with Gasteiger partial charge < -0.3 is 18.6 Å². The maximum Gasteiger partial charge on any atom is 0.374 e. The number of carbonyl (C=O) groups excluding carboxylic acids is 1. The van der Waals surface area contributed by atoms with E-state index in [-0.39, 0.29) is 5.76 Å². The molecule has 0 radical (unpaired) electrons.